The average Bonchev–Trinajstić information content (AvgIpc) is 2.49. The van der Waals surface area contributed by atoms with Crippen LogP contribution in [0.5, 0.6) is 0 Å². The molecule has 0 aromatic heterocycles. The Balaban J connectivity index is 2.37. The molecular formula is C19H25NO2S. The van der Waals surface area contributed by atoms with Crippen molar-refractivity contribution in [2.45, 2.75) is 45.4 Å². The number of hydrogen-bond donors (Lipinski definition) is 0. The van der Waals surface area contributed by atoms with Crippen LogP contribution in [0, 0.1) is 12.3 Å². The van der Waals surface area contributed by atoms with Crippen molar-refractivity contribution in [1.82, 2.24) is 4.31 Å². The van der Waals surface area contributed by atoms with Crippen LogP contribution in [0.1, 0.15) is 39.2 Å². The van der Waals surface area contributed by atoms with Crippen molar-refractivity contribution in [2.24, 2.45) is 5.41 Å². The van der Waals surface area contributed by atoms with E-state index in [-0.39, 0.29) is 5.41 Å². The molecule has 0 unspecified atom stereocenters. The first-order chi connectivity index (χ1) is 10.8. The van der Waals surface area contributed by atoms with Gasteiger partial charge in [0.2, 0.25) is 0 Å². The highest BCUT2D eigenvalue weighted by Crippen LogP contribution is 2.34. The number of nitrogens with zero attached hydrogens (tertiary/aromatic N) is 1. The third-order valence-corrected chi connectivity index (χ3v) is 5.82. The Bertz CT molecular complexity index is 749. The first-order valence-corrected chi connectivity index (χ1v) is 9.44. The standard InChI is InChI=1S/C19H25NO2S/c1-5-6-7-8-17-15-20(14-13-19(17,3)4)23(21,22)18-11-9-16(2)10-12-18/h7,9-14H,5-6,15H2,1-4H3. The highest BCUT2D eigenvalue weighted by atomic mass is 32.2. The molecular weight excluding hydrogens is 306 g/mol. The molecule has 0 atom stereocenters. The van der Waals surface area contributed by atoms with Gasteiger partial charge in [0.25, 0.3) is 10.0 Å². The van der Waals surface area contributed by atoms with Gasteiger partial charge >= 0.3 is 0 Å². The lowest BCUT2D eigenvalue weighted by molar-refractivity contribution is 0.445. The number of benzene rings is 1. The van der Waals surface area contributed by atoms with Crippen LogP contribution in [-0.2, 0) is 10.0 Å². The topological polar surface area (TPSA) is 37.4 Å². The van der Waals surface area contributed by atoms with E-state index in [4.69, 9.17) is 0 Å². The van der Waals surface area contributed by atoms with E-state index in [0.717, 1.165) is 24.0 Å². The van der Waals surface area contributed by atoms with Crippen molar-refractivity contribution < 1.29 is 8.42 Å². The van der Waals surface area contributed by atoms with Gasteiger partial charge in [-0.2, -0.15) is 0 Å². The molecule has 0 N–H and O–H groups in total. The van der Waals surface area contributed by atoms with Crippen molar-refractivity contribution in [2.75, 3.05) is 6.54 Å². The van der Waals surface area contributed by atoms with Crippen LogP contribution in [0.25, 0.3) is 0 Å². The van der Waals surface area contributed by atoms with E-state index in [1.807, 2.05) is 31.2 Å². The van der Waals surface area contributed by atoms with Crippen LogP contribution in [-0.4, -0.2) is 19.3 Å². The van der Waals surface area contributed by atoms with Gasteiger partial charge in [0, 0.05) is 17.2 Å². The van der Waals surface area contributed by atoms with Gasteiger partial charge in [-0.25, -0.2) is 8.42 Å². The molecule has 0 bridgehead atoms. The van der Waals surface area contributed by atoms with Crippen molar-refractivity contribution in [3.05, 3.63) is 59.5 Å². The Kier molecular flexibility index (Phi) is 5.18. The quantitative estimate of drug-likeness (QED) is 0.766. The summed E-state index contributed by atoms with van der Waals surface area (Å²) in [6.45, 7) is 8.57. The second kappa shape index (κ2) is 6.77. The summed E-state index contributed by atoms with van der Waals surface area (Å²) in [6.07, 6.45) is 7.63. The average molecular weight is 331 g/mol. The first-order valence-electron chi connectivity index (χ1n) is 8.00. The molecule has 2 rings (SSSR count). The van der Waals surface area contributed by atoms with Crippen LogP contribution >= 0.6 is 0 Å². The number of unbranched alkanes of at least 4 members (excludes halogenated alkanes) is 1. The lowest BCUT2D eigenvalue weighted by atomic mass is 9.83. The molecule has 1 heterocycles. The molecule has 23 heavy (non-hydrogen) atoms. The number of rotatable bonds is 4. The summed E-state index contributed by atoms with van der Waals surface area (Å²) < 4.78 is 27.0. The molecule has 0 spiro atoms. The summed E-state index contributed by atoms with van der Waals surface area (Å²) in [7, 11) is -3.52. The first kappa shape index (κ1) is 17.6. The predicted molar refractivity (Wildman–Crippen MR) is 94.5 cm³/mol. The fourth-order valence-electron chi connectivity index (χ4n) is 2.36. The van der Waals surface area contributed by atoms with Crippen LogP contribution in [0.2, 0.25) is 0 Å². The summed E-state index contributed by atoms with van der Waals surface area (Å²) in [5, 5.41) is 0. The zero-order valence-corrected chi connectivity index (χ0v) is 15.2. The van der Waals surface area contributed by atoms with Crippen LogP contribution in [0.4, 0.5) is 0 Å². The smallest absolute Gasteiger partial charge is 0.264 e. The Morgan fingerprint density at radius 1 is 1.26 bits per heavy atom. The van der Waals surface area contributed by atoms with Crippen LogP contribution < -0.4 is 0 Å². The number of aryl methyl sites for hydroxylation is 1. The van der Waals surface area contributed by atoms with Gasteiger partial charge < -0.3 is 0 Å². The Hall–Kier alpha value is -1.77. The normalized spacial score (nSPS) is 17.0. The van der Waals surface area contributed by atoms with E-state index in [1.165, 1.54) is 4.31 Å². The minimum atomic E-state index is -3.52. The zero-order chi connectivity index (χ0) is 17.1. The molecule has 0 saturated heterocycles. The van der Waals surface area contributed by atoms with Crippen molar-refractivity contribution >= 4 is 10.0 Å². The maximum absolute atomic E-state index is 12.8. The summed E-state index contributed by atoms with van der Waals surface area (Å²) in [5.41, 5.74) is 5.17. The second-order valence-corrected chi connectivity index (χ2v) is 8.41. The van der Waals surface area contributed by atoms with E-state index in [1.54, 1.807) is 18.3 Å². The summed E-state index contributed by atoms with van der Waals surface area (Å²) in [4.78, 5) is 0.323. The molecule has 1 aliphatic rings. The molecule has 3 nitrogen and oxygen atoms in total. The van der Waals surface area contributed by atoms with Gasteiger partial charge in [-0.15, -0.1) is 5.73 Å². The van der Waals surface area contributed by atoms with E-state index in [2.05, 4.69) is 26.5 Å². The minimum absolute atomic E-state index is 0.177. The molecule has 0 amide bonds. The maximum atomic E-state index is 12.8. The van der Waals surface area contributed by atoms with Crippen molar-refractivity contribution in [3.8, 4) is 0 Å². The largest absolute Gasteiger partial charge is 0.269 e. The second-order valence-electron chi connectivity index (χ2n) is 6.52. The van der Waals surface area contributed by atoms with E-state index >= 15 is 0 Å². The molecule has 0 radical (unpaired) electrons. The predicted octanol–water partition coefficient (Wildman–Crippen LogP) is 4.42. The van der Waals surface area contributed by atoms with Gasteiger partial charge in [-0.05, 0) is 31.6 Å². The summed E-state index contributed by atoms with van der Waals surface area (Å²) in [6, 6.07) is 6.97. The fourth-order valence-corrected chi connectivity index (χ4v) is 3.64. The Labute approximate surface area is 140 Å². The molecule has 4 heteroatoms. The van der Waals surface area contributed by atoms with Gasteiger partial charge in [0.15, 0.2) is 0 Å². The van der Waals surface area contributed by atoms with E-state index in [0.29, 0.717) is 11.4 Å². The summed E-state index contributed by atoms with van der Waals surface area (Å²) >= 11 is 0. The minimum Gasteiger partial charge on any atom is -0.269 e. The molecule has 1 aliphatic heterocycles. The Morgan fingerprint density at radius 3 is 2.52 bits per heavy atom. The monoisotopic (exact) mass is 331 g/mol. The number of allylic oxidation sites excluding steroid dienone is 1. The molecule has 1 aromatic carbocycles. The molecule has 124 valence electrons. The molecule has 0 fully saturated rings. The third kappa shape index (κ3) is 3.95. The van der Waals surface area contributed by atoms with E-state index < -0.39 is 10.0 Å². The van der Waals surface area contributed by atoms with Gasteiger partial charge in [-0.3, -0.25) is 4.31 Å². The van der Waals surface area contributed by atoms with Crippen molar-refractivity contribution in [3.63, 3.8) is 0 Å². The number of sulfonamides is 1. The third-order valence-electron chi connectivity index (χ3n) is 4.09. The van der Waals surface area contributed by atoms with E-state index in [9.17, 15) is 8.42 Å². The molecule has 0 saturated carbocycles. The molecule has 1 aromatic rings. The highest BCUT2D eigenvalue weighted by Gasteiger charge is 2.31. The lowest BCUT2D eigenvalue weighted by Crippen LogP contribution is -2.35. The molecule has 0 aliphatic carbocycles. The van der Waals surface area contributed by atoms with Crippen molar-refractivity contribution in [1.29, 1.82) is 0 Å². The zero-order valence-electron chi connectivity index (χ0n) is 14.3. The van der Waals surface area contributed by atoms with Gasteiger partial charge in [0.05, 0.1) is 11.4 Å². The fraction of sp³-hybridized carbons (Fsp3) is 0.421. The highest BCUT2D eigenvalue weighted by molar-refractivity contribution is 7.89. The SMILES string of the molecule is CCCC=C=C1CN(S(=O)(=O)c2ccc(C)cc2)C=CC1(C)C. The summed E-state index contributed by atoms with van der Waals surface area (Å²) in [5.74, 6) is 0. The number of hydrogen-bond acceptors (Lipinski definition) is 2. The van der Waals surface area contributed by atoms with Crippen LogP contribution in [0.15, 0.2) is 58.8 Å². The Morgan fingerprint density at radius 2 is 1.91 bits per heavy atom. The van der Waals surface area contributed by atoms with Crippen LogP contribution in [0.3, 0.4) is 0 Å². The van der Waals surface area contributed by atoms with Gasteiger partial charge in [-0.1, -0.05) is 51.0 Å². The van der Waals surface area contributed by atoms with Gasteiger partial charge in [0.1, 0.15) is 0 Å². The maximum Gasteiger partial charge on any atom is 0.264 e. The lowest BCUT2D eigenvalue weighted by Gasteiger charge is -2.33.